The molecule has 3 nitrogen and oxygen atoms in total. The lowest BCUT2D eigenvalue weighted by Gasteiger charge is -2.29. The van der Waals surface area contributed by atoms with Crippen molar-refractivity contribution in [3.05, 3.63) is 30.1 Å². The van der Waals surface area contributed by atoms with Crippen LogP contribution in [0.15, 0.2) is 24.5 Å². The predicted molar refractivity (Wildman–Crippen MR) is 75.7 cm³/mol. The van der Waals surface area contributed by atoms with Crippen LogP contribution in [0.5, 0.6) is 0 Å². The fraction of sp³-hybridized carbons (Fsp3) is 0.667. The summed E-state index contributed by atoms with van der Waals surface area (Å²) in [5.41, 5.74) is 1.36. The van der Waals surface area contributed by atoms with Crippen LogP contribution in [0.4, 0.5) is 0 Å². The Bertz CT molecular complexity index is 320. The van der Waals surface area contributed by atoms with E-state index >= 15 is 0 Å². The van der Waals surface area contributed by atoms with Crippen LogP contribution >= 0.6 is 0 Å². The molecule has 0 amide bonds. The van der Waals surface area contributed by atoms with Crippen molar-refractivity contribution in [1.29, 1.82) is 0 Å². The Morgan fingerprint density at radius 1 is 1.22 bits per heavy atom. The van der Waals surface area contributed by atoms with Crippen LogP contribution in [0, 0.1) is 0 Å². The second-order valence-electron chi connectivity index (χ2n) is 5.32. The summed E-state index contributed by atoms with van der Waals surface area (Å²) in [6, 6.07) is 4.78. The molecule has 1 aromatic rings. The summed E-state index contributed by atoms with van der Waals surface area (Å²) in [5, 5.41) is 3.62. The van der Waals surface area contributed by atoms with Crippen LogP contribution in [0.1, 0.15) is 31.7 Å². The second-order valence-corrected chi connectivity index (χ2v) is 5.32. The molecule has 1 N–H and O–H groups in total. The van der Waals surface area contributed by atoms with E-state index in [4.69, 9.17) is 0 Å². The lowest BCUT2D eigenvalue weighted by Crippen LogP contribution is -2.42. The van der Waals surface area contributed by atoms with Gasteiger partial charge in [0.15, 0.2) is 0 Å². The Morgan fingerprint density at radius 3 is 2.67 bits per heavy atom. The minimum Gasteiger partial charge on any atom is -0.313 e. The average Bonchev–Trinajstić information content (AvgIpc) is 2.41. The summed E-state index contributed by atoms with van der Waals surface area (Å²) in [4.78, 5) is 6.63. The molecule has 3 heteroatoms. The molecule has 0 aliphatic carbocycles. The van der Waals surface area contributed by atoms with Crippen molar-refractivity contribution < 1.29 is 0 Å². The van der Waals surface area contributed by atoms with Gasteiger partial charge in [0.1, 0.15) is 0 Å². The molecule has 1 aromatic heterocycles. The van der Waals surface area contributed by atoms with Crippen LogP contribution < -0.4 is 5.32 Å². The third-order valence-corrected chi connectivity index (χ3v) is 3.64. The van der Waals surface area contributed by atoms with Gasteiger partial charge in [-0.05, 0) is 63.5 Å². The van der Waals surface area contributed by atoms with Gasteiger partial charge in [-0.1, -0.05) is 6.42 Å². The first-order valence-electron chi connectivity index (χ1n) is 7.19. The molecule has 100 valence electrons. The SMILES string of the molecule is CC(CN1CCCCC1)NCCc1ccncc1. The summed E-state index contributed by atoms with van der Waals surface area (Å²) in [6.07, 6.45) is 9.00. The number of nitrogens with one attached hydrogen (secondary N) is 1. The minimum atomic E-state index is 0.588. The quantitative estimate of drug-likeness (QED) is 0.834. The van der Waals surface area contributed by atoms with E-state index in [2.05, 4.69) is 34.3 Å². The van der Waals surface area contributed by atoms with Gasteiger partial charge < -0.3 is 10.2 Å². The highest BCUT2D eigenvalue weighted by molar-refractivity contribution is 5.09. The van der Waals surface area contributed by atoms with Gasteiger partial charge in [-0.25, -0.2) is 0 Å². The van der Waals surface area contributed by atoms with Gasteiger partial charge in [0.05, 0.1) is 0 Å². The summed E-state index contributed by atoms with van der Waals surface area (Å²) < 4.78 is 0. The first-order chi connectivity index (χ1) is 8.84. The van der Waals surface area contributed by atoms with Crippen molar-refractivity contribution in [1.82, 2.24) is 15.2 Å². The Hall–Kier alpha value is -0.930. The highest BCUT2D eigenvalue weighted by Gasteiger charge is 2.12. The standard InChI is InChI=1S/C15H25N3/c1-14(13-18-11-3-2-4-12-18)17-10-7-15-5-8-16-9-6-15/h5-6,8-9,14,17H,2-4,7,10-13H2,1H3. The molecule has 2 rings (SSSR count). The van der Waals surface area contributed by atoms with E-state index in [9.17, 15) is 0 Å². The number of likely N-dealkylation sites (tertiary alicyclic amines) is 1. The summed E-state index contributed by atoms with van der Waals surface area (Å²) in [7, 11) is 0. The lowest BCUT2D eigenvalue weighted by atomic mass is 10.1. The normalized spacial score (nSPS) is 18.7. The molecule has 0 saturated carbocycles. The maximum absolute atomic E-state index is 4.04. The largest absolute Gasteiger partial charge is 0.313 e. The number of rotatable bonds is 6. The van der Waals surface area contributed by atoms with E-state index < -0.39 is 0 Å². The first-order valence-corrected chi connectivity index (χ1v) is 7.19. The third kappa shape index (κ3) is 4.75. The van der Waals surface area contributed by atoms with E-state index in [0.29, 0.717) is 6.04 Å². The van der Waals surface area contributed by atoms with Crippen LogP contribution in [-0.2, 0) is 6.42 Å². The molecule has 1 atom stereocenters. The van der Waals surface area contributed by atoms with Crippen LogP contribution in [0.3, 0.4) is 0 Å². The zero-order valence-electron chi connectivity index (χ0n) is 11.4. The lowest BCUT2D eigenvalue weighted by molar-refractivity contribution is 0.209. The zero-order chi connectivity index (χ0) is 12.6. The Labute approximate surface area is 111 Å². The molecule has 0 aromatic carbocycles. The van der Waals surface area contributed by atoms with Crippen molar-refractivity contribution in [2.24, 2.45) is 0 Å². The smallest absolute Gasteiger partial charge is 0.0270 e. The minimum absolute atomic E-state index is 0.588. The maximum atomic E-state index is 4.04. The summed E-state index contributed by atoms with van der Waals surface area (Å²) >= 11 is 0. The molecule has 0 radical (unpaired) electrons. The Kier molecular flexibility index (Phi) is 5.62. The van der Waals surface area contributed by atoms with Crippen molar-refractivity contribution >= 4 is 0 Å². The van der Waals surface area contributed by atoms with E-state index in [0.717, 1.165) is 13.0 Å². The number of nitrogens with zero attached hydrogens (tertiary/aromatic N) is 2. The Balaban J connectivity index is 1.61. The molecule has 0 spiro atoms. The molecular weight excluding hydrogens is 222 g/mol. The fourth-order valence-electron chi connectivity index (χ4n) is 2.61. The topological polar surface area (TPSA) is 28.2 Å². The van der Waals surface area contributed by atoms with Gasteiger partial charge in [-0.15, -0.1) is 0 Å². The van der Waals surface area contributed by atoms with Gasteiger partial charge >= 0.3 is 0 Å². The van der Waals surface area contributed by atoms with Crippen molar-refractivity contribution in [3.63, 3.8) is 0 Å². The molecule has 1 aliphatic heterocycles. The number of pyridine rings is 1. The average molecular weight is 247 g/mol. The van der Waals surface area contributed by atoms with Crippen molar-refractivity contribution in [3.8, 4) is 0 Å². The molecule has 1 fully saturated rings. The van der Waals surface area contributed by atoms with Crippen molar-refractivity contribution in [2.45, 2.75) is 38.6 Å². The molecule has 1 unspecified atom stereocenters. The highest BCUT2D eigenvalue weighted by Crippen LogP contribution is 2.08. The van der Waals surface area contributed by atoms with Crippen LogP contribution in [0.2, 0.25) is 0 Å². The van der Waals surface area contributed by atoms with E-state index in [1.54, 1.807) is 0 Å². The molecule has 18 heavy (non-hydrogen) atoms. The van der Waals surface area contributed by atoms with Gasteiger partial charge in [0, 0.05) is 25.0 Å². The summed E-state index contributed by atoms with van der Waals surface area (Å²) in [6.45, 7) is 7.11. The number of aromatic nitrogens is 1. The van der Waals surface area contributed by atoms with E-state index in [1.807, 2.05) is 12.4 Å². The molecule has 0 bridgehead atoms. The third-order valence-electron chi connectivity index (χ3n) is 3.64. The van der Waals surface area contributed by atoms with Gasteiger partial charge in [-0.2, -0.15) is 0 Å². The zero-order valence-corrected chi connectivity index (χ0v) is 11.4. The molecule has 1 saturated heterocycles. The van der Waals surface area contributed by atoms with E-state index in [-0.39, 0.29) is 0 Å². The fourth-order valence-corrected chi connectivity index (χ4v) is 2.61. The number of hydrogen-bond donors (Lipinski definition) is 1. The van der Waals surface area contributed by atoms with Crippen LogP contribution in [-0.4, -0.2) is 42.1 Å². The number of piperidine rings is 1. The van der Waals surface area contributed by atoms with Gasteiger partial charge in [-0.3, -0.25) is 4.98 Å². The highest BCUT2D eigenvalue weighted by atomic mass is 15.1. The van der Waals surface area contributed by atoms with Gasteiger partial charge in [0.2, 0.25) is 0 Å². The Morgan fingerprint density at radius 2 is 1.94 bits per heavy atom. The molecular formula is C15H25N3. The second kappa shape index (κ2) is 7.49. The van der Waals surface area contributed by atoms with Gasteiger partial charge in [0.25, 0.3) is 0 Å². The maximum Gasteiger partial charge on any atom is 0.0270 e. The molecule has 2 heterocycles. The predicted octanol–water partition coefficient (Wildman–Crippen LogP) is 2.09. The van der Waals surface area contributed by atoms with Crippen LogP contribution in [0.25, 0.3) is 0 Å². The number of hydrogen-bond acceptors (Lipinski definition) is 3. The first kappa shape index (κ1) is 13.5. The van der Waals surface area contributed by atoms with Crippen molar-refractivity contribution in [2.75, 3.05) is 26.2 Å². The summed E-state index contributed by atoms with van der Waals surface area (Å²) in [5.74, 6) is 0. The van der Waals surface area contributed by atoms with E-state index in [1.165, 1.54) is 44.5 Å². The monoisotopic (exact) mass is 247 g/mol. The molecule has 1 aliphatic rings.